The highest BCUT2D eigenvalue weighted by molar-refractivity contribution is 5.60. The second-order valence-corrected chi connectivity index (χ2v) is 4.85. The molecule has 1 fully saturated rings. The molecule has 19 heavy (non-hydrogen) atoms. The zero-order valence-corrected chi connectivity index (χ0v) is 10.6. The molecule has 6 heteroatoms. The van der Waals surface area contributed by atoms with Gasteiger partial charge in [0.15, 0.2) is 0 Å². The molecule has 2 rings (SSSR count). The van der Waals surface area contributed by atoms with E-state index in [1.54, 1.807) is 6.07 Å². The van der Waals surface area contributed by atoms with Gasteiger partial charge in [-0.1, -0.05) is 6.92 Å². The number of piperidine rings is 1. The molecule has 1 heterocycles. The van der Waals surface area contributed by atoms with Crippen LogP contribution in [0, 0.1) is 27.4 Å². The average Bonchev–Trinajstić information content (AvgIpc) is 2.41. The zero-order valence-electron chi connectivity index (χ0n) is 10.6. The number of nitrogens with zero attached hydrogens (tertiary/aromatic N) is 3. The van der Waals surface area contributed by atoms with Crippen molar-refractivity contribution in [2.45, 2.75) is 19.4 Å². The van der Waals surface area contributed by atoms with Crippen LogP contribution in [0.25, 0.3) is 0 Å². The van der Waals surface area contributed by atoms with Crippen LogP contribution in [0.2, 0.25) is 0 Å². The molecule has 1 saturated heterocycles. The second-order valence-electron chi connectivity index (χ2n) is 4.85. The van der Waals surface area contributed by atoms with Crippen molar-refractivity contribution in [3.8, 4) is 6.07 Å². The molecule has 6 nitrogen and oxygen atoms in total. The fraction of sp³-hybridized carbons (Fsp3) is 0.462. The van der Waals surface area contributed by atoms with Crippen molar-refractivity contribution in [2.24, 2.45) is 5.92 Å². The van der Waals surface area contributed by atoms with Crippen LogP contribution in [-0.4, -0.2) is 29.2 Å². The van der Waals surface area contributed by atoms with E-state index in [4.69, 9.17) is 5.26 Å². The molecule has 1 aromatic carbocycles. The molecule has 0 spiro atoms. The van der Waals surface area contributed by atoms with Crippen LogP contribution in [0.15, 0.2) is 18.2 Å². The lowest BCUT2D eigenvalue weighted by atomic mass is 9.96. The molecule has 100 valence electrons. The molecule has 0 radical (unpaired) electrons. The highest BCUT2D eigenvalue weighted by Gasteiger charge is 2.25. The second kappa shape index (κ2) is 5.24. The van der Waals surface area contributed by atoms with Gasteiger partial charge in [-0.3, -0.25) is 10.1 Å². The Kier molecular flexibility index (Phi) is 3.67. The molecule has 2 atom stereocenters. The Labute approximate surface area is 111 Å². The summed E-state index contributed by atoms with van der Waals surface area (Å²) in [6.45, 7) is 3.27. The van der Waals surface area contributed by atoms with Crippen molar-refractivity contribution in [3.63, 3.8) is 0 Å². The first-order valence-corrected chi connectivity index (χ1v) is 6.14. The summed E-state index contributed by atoms with van der Waals surface area (Å²) < 4.78 is 0. The molecule has 0 aromatic heterocycles. The van der Waals surface area contributed by atoms with Crippen molar-refractivity contribution in [1.82, 2.24) is 0 Å². The minimum Gasteiger partial charge on any atom is -0.393 e. The molecule has 0 amide bonds. The van der Waals surface area contributed by atoms with E-state index in [9.17, 15) is 15.2 Å². The Morgan fingerprint density at radius 3 is 2.89 bits per heavy atom. The average molecular weight is 261 g/mol. The fourth-order valence-corrected chi connectivity index (χ4v) is 2.33. The lowest BCUT2D eigenvalue weighted by Gasteiger charge is -2.35. The lowest BCUT2D eigenvalue weighted by Crippen LogP contribution is -2.41. The molecule has 1 aliphatic heterocycles. The summed E-state index contributed by atoms with van der Waals surface area (Å²) in [7, 11) is 0. The normalized spacial score (nSPS) is 22.9. The highest BCUT2D eigenvalue weighted by atomic mass is 16.6. The molecule has 0 aliphatic carbocycles. The maximum atomic E-state index is 10.9. The molecule has 0 saturated carbocycles. The summed E-state index contributed by atoms with van der Waals surface area (Å²) in [6.07, 6.45) is 0.333. The van der Waals surface area contributed by atoms with Gasteiger partial charge in [0, 0.05) is 24.8 Å². The van der Waals surface area contributed by atoms with E-state index in [2.05, 4.69) is 0 Å². The molecule has 0 bridgehead atoms. The van der Waals surface area contributed by atoms with E-state index in [0.717, 1.165) is 5.69 Å². The largest absolute Gasteiger partial charge is 0.393 e. The summed E-state index contributed by atoms with van der Waals surface area (Å²) >= 11 is 0. The Morgan fingerprint density at radius 1 is 1.58 bits per heavy atom. The van der Waals surface area contributed by atoms with E-state index in [1.165, 1.54) is 12.1 Å². The van der Waals surface area contributed by atoms with Crippen molar-refractivity contribution in [1.29, 1.82) is 5.26 Å². The third-order valence-electron chi connectivity index (χ3n) is 3.52. The summed E-state index contributed by atoms with van der Waals surface area (Å²) in [5.74, 6) is 0.128. The first-order valence-electron chi connectivity index (χ1n) is 6.14. The predicted molar refractivity (Wildman–Crippen MR) is 69.8 cm³/mol. The van der Waals surface area contributed by atoms with Gasteiger partial charge in [-0.2, -0.15) is 5.26 Å². The first kappa shape index (κ1) is 13.3. The maximum Gasteiger partial charge on any atom is 0.289 e. The van der Waals surface area contributed by atoms with Crippen molar-refractivity contribution in [2.75, 3.05) is 18.0 Å². The van der Waals surface area contributed by atoms with Gasteiger partial charge in [0.25, 0.3) is 5.69 Å². The number of nitro benzene ring substituents is 1. The van der Waals surface area contributed by atoms with Gasteiger partial charge < -0.3 is 10.0 Å². The summed E-state index contributed by atoms with van der Waals surface area (Å²) in [6, 6.07) is 6.45. The third kappa shape index (κ3) is 2.66. The van der Waals surface area contributed by atoms with Gasteiger partial charge in [0.1, 0.15) is 11.6 Å². The van der Waals surface area contributed by atoms with Crippen LogP contribution in [0.3, 0.4) is 0 Å². The number of hydrogen-bond donors (Lipinski definition) is 1. The van der Waals surface area contributed by atoms with Gasteiger partial charge in [0.2, 0.25) is 0 Å². The van der Waals surface area contributed by atoms with Crippen molar-refractivity contribution >= 4 is 11.4 Å². The van der Waals surface area contributed by atoms with Crippen LogP contribution in [0.1, 0.15) is 18.9 Å². The van der Waals surface area contributed by atoms with E-state index >= 15 is 0 Å². The number of benzene rings is 1. The van der Waals surface area contributed by atoms with E-state index in [0.29, 0.717) is 19.5 Å². The highest BCUT2D eigenvalue weighted by Crippen LogP contribution is 2.28. The van der Waals surface area contributed by atoms with E-state index in [-0.39, 0.29) is 23.3 Å². The Morgan fingerprint density at radius 2 is 2.32 bits per heavy atom. The number of nitriles is 1. The summed E-state index contributed by atoms with van der Waals surface area (Å²) in [5, 5.41) is 29.5. The quantitative estimate of drug-likeness (QED) is 0.646. The molecule has 2 unspecified atom stereocenters. The maximum absolute atomic E-state index is 10.9. The fourth-order valence-electron chi connectivity index (χ4n) is 2.33. The van der Waals surface area contributed by atoms with Crippen LogP contribution < -0.4 is 4.90 Å². The van der Waals surface area contributed by atoms with E-state index < -0.39 is 4.92 Å². The molecular weight excluding hydrogens is 246 g/mol. The smallest absolute Gasteiger partial charge is 0.289 e. The summed E-state index contributed by atoms with van der Waals surface area (Å²) in [4.78, 5) is 12.4. The van der Waals surface area contributed by atoms with Gasteiger partial charge in [-0.05, 0) is 24.5 Å². The van der Waals surface area contributed by atoms with E-state index in [1.807, 2.05) is 17.9 Å². The molecule has 1 N–H and O–H groups in total. The standard InChI is InChI=1S/C13H15N3O3/c1-9-8-15(5-4-13(9)17)11-3-2-10(7-14)12(6-11)16(18)19/h2-3,6,9,13,17H,4-5,8H2,1H3. The SMILES string of the molecule is CC1CN(c2ccc(C#N)c([N+](=O)[O-])c2)CCC1O. The Balaban J connectivity index is 2.29. The van der Waals surface area contributed by atoms with Gasteiger partial charge >= 0.3 is 0 Å². The predicted octanol–water partition coefficient (Wildman–Crippen LogP) is 1.67. The first-order chi connectivity index (χ1) is 9.02. The minimum absolute atomic E-state index is 0.0684. The van der Waals surface area contributed by atoms with Gasteiger partial charge in [-0.25, -0.2) is 0 Å². The van der Waals surface area contributed by atoms with Crippen molar-refractivity contribution in [3.05, 3.63) is 33.9 Å². The van der Waals surface area contributed by atoms with Crippen LogP contribution in [0.4, 0.5) is 11.4 Å². The van der Waals surface area contributed by atoms with Crippen LogP contribution in [0.5, 0.6) is 0 Å². The number of anilines is 1. The number of aliphatic hydroxyl groups is 1. The van der Waals surface area contributed by atoms with Gasteiger partial charge in [0.05, 0.1) is 11.0 Å². The number of rotatable bonds is 2. The summed E-state index contributed by atoms with van der Waals surface area (Å²) in [5.41, 5.74) is 0.627. The topological polar surface area (TPSA) is 90.4 Å². The number of aliphatic hydroxyl groups excluding tert-OH is 1. The van der Waals surface area contributed by atoms with Gasteiger partial charge in [-0.15, -0.1) is 0 Å². The van der Waals surface area contributed by atoms with Crippen LogP contribution >= 0.6 is 0 Å². The lowest BCUT2D eigenvalue weighted by molar-refractivity contribution is -0.385. The minimum atomic E-state index is -0.537. The van der Waals surface area contributed by atoms with Crippen molar-refractivity contribution < 1.29 is 10.0 Å². The number of nitro groups is 1. The third-order valence-corrected chi connectivity index (χ3v) is 3.52. The van der Waals surface area contributed by atoms with Crippen LogP contribution in [-0.2, 0) is 0 Å². The number of hydrogen-bond acceptors (Lipinski definition) is 5. The molecule has 1 aromatic rings. The molecule has 1 aliphatic rings. The Hall–Kier alpha value is -2.13. The Bertz CT molecular complexity index is 538. The monoisotopic (exact) mass is 261 g/mol. The zero-order chi connectivity index (χ0) is 14.0. The molecular formula is C13H15N3O3.